The van der Waals surface area contributed by atoms with Gasteiger partial charge in [-0.25, -0.2) is 4.98 Å². The van der Waals surface area contributed by atoms with Gasteiger partial charge in [0.1, 0.15) is 22.3 Å². The molecule has 3 aromatic rings. The number of H-pyrrole nitrogens is 1. The number of nitrogens with zero attached hydrogens (tertiary/aromatic N) is 1. The highest BCUT2D eigenvalue weighted by molar-refractivity contribution is 6.05. The Morgan fingerprint density at radius 1 is 1.26 bits per heavy atom. The maximum atomic E-state index is 12.3. The summed E-state index contributed by atoms with van der Waals surface area (Å²) in [6.07, 6.45) is 1.10. The Bertz CT molecular complexity index is 1160. The molecule has 0 saturated carbocycles. The Morgan fingerprint density at radius 2 is 1.96 bits per heavy atom. The summed E-state index contributed by atoms with van der Waals surface area (Å²) in [6, 6.07) is 2.43. The second-order valence-corrected chi connectivity index (χ2v) is 5.04. The normalized spacial score (nSPS) is 12.1. The third kappa shape index (κ3) is 1.92. The lowest BCUT2D eigenvalue weighted by Gasteiger charge is -2.07. The number of aromatic hydroxyl groups is 1. The fourth-order valence-electron chi connectivity index (χ4n) is 2.49. The van der Waals surface area contributed by atoms with Gasteiger partial charge in [0, 0.05) is 11.8 Å². The van der Waals surface area contributed by atoms with Crippen molar-refractivity contribution in [3.63, 3.8) is 0 Å². The van der Waals surface area contributed by atoms with Gasteiger partial charge in [0.2, 0.25) is 10.9 Å². The maximum Gasteiger partial charge on any atom is 0.250 e. The van der Waals surface area contributed by atoms with Gasteiger partial charge < -0.3 is 21.6 Å². The summed E-state index contributed by atoms with van der Waals surface area (Å²) in [4.78, 5) is 42.8. The van der Waals surface area contributed by atoms with Crippen LogP contribution in [-0.4, -0.2) is 21.0 Å². The van der Waals surface area contributed by atoms with Crippen LogP contribution in [0.5, 0.6) is 5.75 Å². The summed E-state index contributed by atoms with van der Waals surface area (Å²) in [7, 11) is 0. The van der Waals surface area contributed by atoms with Crippen molar-refractivity contribution in [2.24, 2.45) is 11.5 Å². The van der Waals surface area contributed by atoms with Crippen LogP contribution in [0.4, 0.5) is 0 Å². The van der Waals surface area contributed by atoms with E-state index in [4.69, 9.17) is 11.5 Å². The highest BCUT2D eigenvalue weighted by Crippen LogP contribution is 2.16. The van der Waals surface area contributed by atoms with Gasteiger partial charge in [-0.3, -0.25) is 14.4 Å². The fourth-order valence-corrected chi connectivity index (χ4v) is 2.49. The predicted octanol–water partition coefficient (Wildman–Crippen LogP) is -1.03. The molecule has 0 radical (unpaired) electrons. The molecule has 3 rings (SSSR count). The first-order valence-corrected chi connectivity index (χ1v) is 6.60. The molecule has 1 aromatic heterocycles. The number of hydrogen-bond acceptors (Lipinski definition) is 6. The highest BCUT2D eigenvalue weighted by Gasteiger charge is 2.17. The Kier molecular flexibility index (Phi) is 3.03. The second-order valence-electron chi connectivity index (χ2n) is 5.04. The number of phenols is 1. The molecule has 6 N–H and O–H groups in total. The van der Waals surface area contributed by atoms with Crippen molar-refractivity contribution >= 4 is 34.2 Å². The number of nitrogens with two attached hydrogens (primary N) is 2. The van der Waals surface area contributed by atoms with Gasteiger partial charge in [0.15, 0.2) is 0 Å². The summed E-state index contributed by atoms with van der Waals surface area (Å²) < 4.78 is 0. The van der Waals surface area contributed by atoms with Crippen LogP contribution in [0.25, 0.3) is 28.3 Å². The van der Waals surface area contributed by atoms with E-state index in [9.17, 15) is 19.5 Å². The average molecular weight is 312 g/mol. The van der Waals surface area contributed by atoms with Crippen LogP contribution in [0.1, 0.15) is 15.9 Å². The predicted molar refractivity (Wildman–Crippen MR) is 84.9 cm³/mol. The molecule has 0 aliphatic rings. The summed E-state index contributed by atoms with van der Waals surface area (Å²) in [5.41, 5.74) is 10.0. The Balaban J connectivity index is 2.72. The maximum absolute atomic E-state index is 12.3. The number of fused-ring (bicyclic) bond motifs is 2. The van der Waals surface area contributed by atoms with Gasteiger partial charge in [-0.05, 0) is 19.1 Å². The van der Waals surface area contributed by atoms with Gasteiger partial charge in [0.25, 0.3) is 5.91 Å². The molecule has 0 spiro atoms. The van der Waals surface area contributed by atoms with Crippen molar-refractivity contribution in [1.82, 2.24) is 9.97 Å². The van der Waals surface area contributed by atoms with Crippen molar-refractivity contribution in [3.8, 4) is 5.75 Å². The summed E-state index contributed by atoms with van der Waals surface area (Å²) >= 11 is 0. The van der Waals surface area contributed by atoms with E-state index in [0.717, 1.165) is 12.3 Å². The highest BCUT2D eigenvalue weighted by atomic mass is 16.3. The summed E-state index contributed by atoms with van der Waals surface area (Å²) in [5.74, 6) is -1.07. The smallest absolute Gasteiger partial charge is 0.250 e. The Morgan fingerprint density at radius 3 is 2.57 bits per heavy atom. The molecule has 0 aliphatic carbocycles. The molecule has 0 aliphatic heterocycles. The van der Waals surface area contributed by atoms with E-state index in [1.54, 1.807) is 0 Å². The number of carbonyl (C=O) groups is 1. The zero-order valence-electron chi connectivity index (χ0n) is 12.0. The minimum atomic E-state index is -0.763. The molecule has 0 atom stereocenters. The molecular weight excluding hydrogens is 300 g/mol. The number of aromatic nitrogens is 2. The van der Waals surface area contributed by atoms with E-state index in [1.165, 1.54) is 13.0 Å². The van der Waals surface area contributed by atoms with Crippen molar-refractivity contribution < 1.29 is 9.90 Å². The molecule has 0 bridgehead atoms. The van der Waals surface area contributed by atoms with Gasteiger partial charge in [-0.2, -0.15) is 0 Å². The average Bonchev–Trinajstić information content (AvgIpc) is 2.52. The zero-order chi connectivity index (χ0) is 16.9. The largest absolute Gasteiger partial charge is 0.507 e. The van der Waals surface area contributed by atoms with Crippen LogP contribution in [0, 0.1) is 6.92 Å². The first-order valence-electron chi connectivity index (χ1n) is 6.60. The molecule has 8 nitrogen and oxygen atoms in total. The minimum Gasteiger partial charge on any atom is -0.507 e. The third-order valence-electron chi connectivity index (χ3n) is 3.72. The van der Waals surface area contributed by atoms with Crippen LogP contribution >= 0.6 is 0 Å². The lowest BCUT2D eigenvalue weighted by Crippen LogP contribution is -2.22. The van der Waals surface area contributed by atoms with E-state index < -0.39 is 16.8 Å². The molecule has 23 heavy (non-hydrogen) atoms. The molecule has 2 aromatic carbocycles. The number of phenolic OH excluding ortho intramolecular Hbond substituents is 1. The van der Waals surface area contributed by atoms with Crippen LogP contribution in [0.15, 0.2) is 21.7 Å². The number of benzene rings is 2. The fraction of sp³-hybridized carbons (Fsp3) is 0.0667. The molecule has 8 heteroatoms. The lowest BCUT2D eigenvalue weighted by atomic mass is 10.1. The SMILES string of the molecule is Cc1c(O)/c(=C\N)c2nc3c(=O)ccc(C(N)=O)c3[nH]c2c1=O. The second kappa shape index (κ2) is 4.80. The van der Waals surface area contributed by atoms with Crippen LogP contribution in [0.2, 0.25) is 0 Å². The van der Waals surface area contributed by atoms with Crippen molar-refractivity contribution in [1.29, 1.82) is 0 Å². The van der Waals surface area contributed by atoms with E-state index in [1.807, 2.05) is 0 Å². The van der Waals surface area contributed by atoms with Gasteiger partial charge >= 0.3 is 0 Å². The summed E-state index contributed by atoms with van der Waals surface area (Å²) in [6.45, 7) is 1.43. The van der Waals surface area contributed by atoms with Crippen molar-refractivity contribution in [2.45, 2.75) is 6.92 Å². The van der Waals surface area contributed by atoms with Gasteiger partial charge in [0.05, 0.1) is 16.3 Å². The quantitative estimate of drug-likeness (QED) is 0.421. The third-order valence-corrected chi connectivity index (χ3v) is 3.72. The first-order chi connectivity index (χ1) is 10.9. The van der Waals surface area contributed by atoms with E-state index in [0.29, 0.717) is 0 Å². The topological polar surface area (TPSA) is 152 Å². The Labute approximate surface area is 128 Å². The zero-order valence-corrected chi connectivity index (χ0v) is 12.0. The number of amides is 1. The Hall–Kier alpha value is -3.42. The van der Waals surface area contributed by atoms with Crippen LogP contribution < -0.4 is 27.5 Å². The monoisotopic (exact) mass is 312 g/mol. The van der Waals surface area contributed by atoms with E-state index >= 15 is 0 Å². The molecule has 0 unspecified atom stereocenters. The molecule has 0 fully saturated rings. The number of nitrogens with one attached hydrogen (secondary N) is 1. The first kappa shape index (κ1) is 14.5. The molecule has 1 heterocycles. The number of primary amides is 1. The number of rotatable bonds is 1. The van der Waals surface area contributed by atoms with Crippen molar-refractivity contribution in [2.75, 3.05) is 0 Å². The molecule has 1 amide bonds. The lowest BCUT2D eigenvalue weighted by molar-refractivity contribution is 0.100. The van der Waals surface area contributed by atoms with Crippen molar-refractivity contribution in [3.05, 3.63) is 48.9 Å². The minimum absolute atomic E-state index is 0.0256. The number of aromatic amines is 1. The summed E-state index contributed by atoms with van der Waals surface area (Å²) in [5, 5.41) is 10.2. The molecule has 116 valence electrons. The van der Waals surface area contributed by atoms with Crippen LogP contribution in [0.3, 0.4) is 0 Å². The number of hydrogen-bond donors (Lipinski definition) is 4. The standard InChI is InChI=1S/C15H12N4O4/c1-5-13(21)7(4-16)10-12(14(5)22)19-9-6(15(17)23)2-3-8(20)11(9)18-10/h2-4,19,21H,16H2,1H3,(H2,17,23)/b7-4-. The van der Waals surface area contributed by atoms with Gasteiger partial charge in [-0.1, -0.05) is 0 Å². The molecule has 0 saturated heterocycles. The van der Waals surface area contributed by atoms with Crippen LogP contribution in [-0.2, 0) is 0 Å². The van der Waals surface area contributed by atoms with Gasteiger partial charge in [-0.15, -0.1) is 0 Å². The number of carbonyl (C=O) groups excluding carboxylic acids is 1. The van der Waals surface area contributed by atoms with E-state index in [2.05, 4.69) is 9.97 Å². The van der Waals surface area contributed by atoms with E-state index in [-0.39, 0.29) is 44.2 Å². The molecular formula is C15H12N4O4.